The lowest BCUT2D eigenvalue weighted by Crippen LogP contribution is -2.52. The average molecular weight is 467 g/mol. The highest BCUT2D eigenvalue weighted by Crippen LogP contribution is 2.35. The summed E-state index contributed by atoms with van der Waals surface area (Å²) in [6, 6.07) is 5.10. The topological polar surface area (TPSA) is 91.0 Å². The molecule has 1 heterocycles. The molecule has 29 heavy (non-hydrogen) atoms. The van der Waals surface area contributed by atoms with E-state index in [2.05, 4.69) is 33.6 Å². The van der Waals surface area contributed by atoms with Crippen molar-refractivity contribution in [3.63, 3.8) is 0 Å². The normalized spacial score (nSPS) is 24.2. The number of hydrazine groups is 1. The number of hydrogen-bond acceptors (Lipinski definition) is 5. The molecule has 1 aliphatic heterocycles. The molecule has 1 saturated heterocycles. The number of nitrogens with zero attached hydrogens (tertiary/aromatic N) is 2. The van der Waals surface area contributed by atoms with E-state index in [0.717, 1.165) is 33.6 Å². The highest BCUT2D eigenvalue weighted by Gasteiger charge is 2.52. The Kier molecular flexibility index (Phi) is 6.48. The minimum Gasteiger partial charge on any atom is -0.496 e. The first-order valence-corrected chi connectivity index (χ1v) is 10.5. The van der Waals surface area contributed by atoms with Gasteiger partial charge in [0, 0.05) is 16.6 Å². The summed E-state index contributed by atoms with van der Waals surface area (Å²) in [6.07, 6.45) is 2.97. The number of nitrogens with one attached hydrogen (secondary N) is 2. The third-order valence-corrected chi connectivity index (χ3v) is 6.12. The first kappa shape index (κ1) is 21.6. The second-order valence-electron chi connectivity index (χ2n) is 8.00. The van der Waals surface area contributed by atoms with Crippen molar-refractivity contribution in [2.24, 2.45) is 5.92 Å². The number of imide groups is 1. The van der Waals surface area contributed by atoms with Crippen LogP contribution in [0, 0.1) is 5.92 Å². The molecule has 2 N–H and O–H groups in total. The SMILES string of the molecule is COc1ccc(Br)cc1CN(C)CC(=O)NN1C(=O)NC2(CCC(C)CC2)C1=O. The Bertz CT molecular complexity index is 808. The highest BCUT2D eigenvalue weighted by atomic mass is 79.9. The first-order valence-electron chi connectivity index (χ1n) is 9.71. The highest BCUT2D eigenvalue weighted by molar-refractivity contribution is 9.10. The number of ether oxygens (including phenoxy) is 1. The molecule has 1 spiro atoms. The molecular weight excluding hydrogens is 440 g/mol. The number of carbonyl (C=O) groups is 3. The molecule has 158 valence electrons. The number of rotatable bonds is 6. The van der Waals surface area contributed by atoms with Crippen molar-refractivity contribution in [2.45, 2.75) is 44.7 Å². The Morgan fingerprint density at radius 2 is 2.07 bits per heavy atom. The molecule has 2 fully saturated rings. The van der Waals surface area contributed by atoms with Gasteiger partial charge >= 0.3 is 6.03 Å². The summed E-state index contributed by atoms with van der Waals surface area (Å²) in [4.78, 5) is 39.4. The van der Waals surface area contributed by atoms with Gasteiger partial charge in [-0.05, 0) is 56.8 Å². The fraction of sp³-hybridized carbons (Fsp3) is 0.550. The summed E-state index contributed by atoms with van der Waals surface area (Å²) < 4.78 is 6.27. The number of hydrogen-bond donors (Lipinski definition) is 2. The van der Waals surface area contributed by atoms with Crippen molar-refractivity contribution < 1.29 is 19.1 Å². The molecule has 0 bridgehead atoms. The molecule has 9 heteroatoms. The van der Waals surface area contributed by atoms with Gasteiger partial charge in [-0.15, -0.1) is 0 Å². The number of amides is 4. The fourth-order valence-corrected chi connectivity index (χ4v) is 4.35. The molecular formula is C20H27BrN4O4. The second-order valence-corrected chi connectivity index (χ2v) is 8.91. The summed E-state index contributed by atoms with van der Waals surface area (Å²) >= 11 is 3.43. The zero-order chi connectivity index (χ0) is 21.2. The van der Waals surface area contributed by atoms with Crippen molar-refractivity contribution in [3.05, 3.63) is 28.2 Å². The molecule has 1 aromatic rings. The minimum absolute atomic E-state index is 0.0246. The van der Waals surface area contributed by atoms with Crippen LogP contribution in [0.2, 0.25) is 0 Å². The van der Waals surface area contributed by atoms with Gasteiger partial charge in [0.2, 0.25) is 0 Å². The van der Waals surface area contributed by atoms with Gasteiger partial charge in [-0.3, -0.25) is 19.9 Å². The van der Waals surface area contributed by atoms with E-state index >= 15 is 0 Å². The molecule has 1 aromatic carbocycles. The molecule has 1 saturated carbocycles. The van der Waals surface area contributed by atoms with Gasteiger partial charge in [0.25, 0.3) is 11.8 Å². The van der Waals surface area contributed by atoms with E-state index in [1.807, 2.05) is 18.2 Å². The van der Waals surface area contributed by atoms with Crippen LogP contribution >= 0.6 is 15.9 Å². The van der Waals surface area contributed by atoms with Gasteiger partial charge in [0.1, 0.15) is 11.3 Å². The third kappa shape index (κ3) is 4.72. The average Bonchev–Trinajstić information content (AvgIpc) is 2.88. The molecule has 1 aliphatic carbocycles. The van der Waals surface area contributed by atoms with Crippen LogP contribution in [-0.2, 0) is 16.1 Å². The Morgan fingerprint density at radius 3 is 2.72 bits per heavy atom. The van der Waals surface area contributed by atoms with Crippen LogP contribution in [0.4, 0.5) is 4.79 Å². The van der Waals surface area contributed by atoms with Gasteiger partial charge in [-0.2, -0.15) is 5.01 Å². The zero-order valence-electron chi connectivity index (χ0n) is 17.0. The lowest BCUT2D eigenvalue weighted by molar-refractivity contribution is -0.140. The van der Waals surface area contributed by atoms with E-state index in [1.165, 1.54) is 0 Å². The van der Waals surface area contributed by atoms with Crippen LogP contribution in [-0.4, -0.2) is 54.0 Å². The van der Waals surface area contributed by atoms with Crippen LogP contribution < -0.4 is 15.5 Å². The van der Waals surface area contributed by atoms with Crippen molar-refractivity contribution in [1.82, 2.24) is 20.7 Å². The van der Waals surface area contributed by atoms with Gasteiger partial charge in [-0.25, -0.2) is 4.79 Å². The van der Waals surface area contributed by atoms with E-state index in [1.54, 1.807) is 19.1 Å². The maximum atomic E-state index is 12.8. The molecule has 3 rings (SSSR count). The summed E-state index contributed by atoms with van der Waals surface area (Å²) in [5, 5.41) is 3.64. The number of carbonyl (C=O) groups excluding carboxylic acids is 3. The van der Waals surface area contributed by atoms with Gasteiger partial charge in [-0.1, -0.05) is 22.9 Å². The molecule has 0 unspecified atom stereocenters. The molecule has 0 atom stereocenters. The summed E-state index contributed by atoms with van der Waals surface area (Å²) in [7, 11) is 3.38. The summed E-state index contributed by atoms with van der Waals surface area (Å²) in [5.41, 5.74) is 2.52. The number of urea groups is 1. The van der Waals surface area contributed by atoms with Crippen molar-refractivity contribution >= 4 is 33.8 Å². The van der Waals surface area contributed by atoms with Crippen molar-refractivity contribution in [1.29, 1.82) is 0 Å². The Hall–Kier alpha value is -2.13. The van der Waals surface area contributed by atoms with Crippen LogP contribution in [0.5, 0.6) is 5.75 Å². The Labute approximate surface area is 179 Å². The fourth-order valence-electron chi connectivity index (χ4n) is 3.94. The Balaban J connectivity index is 1.58. The smallest absolute Gasteiger partial charge is 0.344 e. The molecule has 0 radical (unpaired) electrons. The third-order valence-electron chi connectivity index (χ3n) is 5.62. The monoisotopic (exact) mass is 466 g/mol. The van der Waals surface area contributed by atoms with Crippen molar-refractivity contribution in [2.75, 3.05) is 20.7 Å². The van der Waals surface area contributed by atoms with Crippen LogP contribution in [0.1, 0.15) is 38.2 Å². The van der Waals surface area contributed by atoms with Crippen molar-refractivity contribution in [3.8, 4) is 5.75 Å². The number of benzene rings is 1. The van der Waals surface area contributed by atoms with E-state index in [0.29, 0.717) is 25.3 Å². The lowest BCUT2D eigenvalue weighted by atomic mass is 9.77. The zero-order valence-corrected chi connectivity index (χ0v) is 18.5. The first-order chi connectivity index (χ1) is 13.7. The van der Waals surface area contributed by atoms with Crippen LogP contribution in [0.3, 0.4) is 0 Å². The molecule has 8 nitrogen and oxygen atoms in total. The predicted molar refractivity (Wildman–Crippen MR) is 111 cm³/mol. The van der Waals surface area contributed by atoms with Gasteiger partial charge in [0.15, 0.2) is 0 Å². The maximum absolute atomic E-state index is 12.8. The Morgan fingerprint density at radius 1 is 1.38 bits per heavy atom. The standard InChI is InChI=1S/C20H27BrN4O4/c1-13-6-8-20(9-7-13)18(27)25(19(28)22-20)23-17(26)12-24(2)11-14-10-15(21)4-5-16(14)29-3/h4-5,10,13H,6-9,11-12H2,1-3H3,(H,22,28)(H,23,26). The van der Waals surface area contributed by atoms with Crippen LogP contribution in [0.15, 0.2) is 22.7 Å². The lowest BCUT2D eigenvalue weighted by Gasteiger charge is -2.33. The summed E-state index contributed by atoms with van der Waals surface area (Å²) in [6.45, 7) is 2.64. The van der Waals surface area contributed by atoms with Gasteiger partial charge in [0.05, 0.1) is 13.7 Å². The van der Waals surface area contributed by atoms with E-state index in [4.69, 9.17) is 4.74 Å². The van der Waals surface area contributed by atoms with Crippen LogP contribution in [0.25, 0.3) is 0 Å². The predicted octanol–water partition coefficient (Wildman–Crippen LogP) is 2.42. The summed E-state index contributed by atoms with van der Waals surface area (Å²) in [5.74, 6) is 0.478. The number of methoxy groups -OCH3 is 1. The molecule has 4 amide bonds. The largest absolute Gasteiger partial charge is 0.496 e. The van der Waals surface area contributed by atoms with E-state index in [9.17, 15) is 14.4 Å². The molecule has 2 aliphatic rings. The van der Waals surface area contributed by atoms with E-state index < -0.39 is 17.5 Å². The van der Waals surface area contributed by atoms with Gasteiger partial charge < -0.3 is 10.1 Å². The van der Waals surface area contributed by atoms with E-state index in [-0.39, 0.29) is 12.5 Å². The number of likely N-dealkylation sites (N-methyl/N-ethyl adjacent to an activating group) is 1. The molecule has 0 aromatic heterocycles. The quantitative estimate of drug-likeness (QED) is 0.628. The second kappa shape index (κ2) is 8.71. The number of halogens is 1. The minimum atomic E-state index is -0.869. The maximum Gasteiger partial charge on any atom is 0.344 e.